The molecule has 0 aliphatic heterocycles. The summed E-state index contributed by atoms with van der Waals surface area (Å²) in [4.78, 5) is 12.2. The van der Waals surface area contributed by atoms with Crippen molar-refractivity contribution < 1.29 is 14.6 Å². The van der Waals surface area contributed by atoms with Crippen LogP contribution >= 0.6 is 0 Å². The standard InChI is InChI=1S/C18H27NO3/c1-11(2)14-9-8-12(3)10-16(14)22-18(21)19-17-13(4)6-5-7-15(17)20/h5-7,11-12,14,16,20H,8-10H2,1-4H3,(H,19,21). The lowest BCUT2D eigenvalue weighted by atomic mass is 9.75. The molecule has 1 aliphatic rings. The molecule has 3 unspecified atom stereocenters. The van der Waals surface area contributed by atoms with Crippen LogP contribution in [0.1, 0.15) is 45.6 Å². The number of aryl methyl sites for hydroxylation is 1. The highest BCUT2D eigenvalue weighted by atomic mass is 16.6. The zero-order valence-corrected chi connectivity index (χ0v) is 13.9. The zero-order valence-electron chi connectivity index (χ0n) is 13.9. The summed E-state index contributed by atoms with van der Waals surface area (Å²) in [6.07, 6.45) is 2.69. The first kappa shape index (κ1) is 16.7. The number of anilines is 1. The Labute approximate surface area is 132 Å². The number of hydrogen-bond donors (Lipinski definition) is 2. The third kappa shape index (κ3) is 3.93. The van der Waals surface area contributed by atoms with Gasteiger partial charge in [0.15, 0.2) is 0 Å². The monoisotopic (exact) mass is 305 g/mol. The van der Waals surface area contributed by atoms with Gasteiger partial charge in [-0.3, -0.25) is 5.32 Å². The van der Waals surface area contributed by atoms with E-state index in [1.165, 1.54) is 6.42 Å². The van der Waals surface area contributed by atoms with E-state index in [1.54, 1.807) is 12.1 Å². The molecular weight excluding hydrogens is 278 g/mol. The number of hydrogen-bond acceptors (Lipinski definition) is 3. The summed E-state index contributed by atoms with van der Waals surface area (Å²) in [5.74, 6) is 1.55. The summed E-state index contributed by atoms with van der Waals surface area (Å²) >= 11 is 0. The number of benzene rings is 1. The van der Waals surface area contributed by atoms with Crippen LogP contribution in [0.3, 0.4) is 0 Å². The number of ether oxygens (including phenoxy) is 1. The first-order chi connectivity index (χ1) is 10.4. The van der Waals surface area contributed by atoms with Gasteiger partial charge >= 0.3 is 6.09 Å². The number of para-hydroxylation sites is 1. The van der Waals surface area contributed by atoms with E-state index in [1.807, 2.05) is 13.0 Å². The average Bonchev–Trinajstić information content (AvgIpc) is 2.43. The van der Waals surface area contributed by atoms with Crippen molar-refractivity contribution in [3.05, 3.63) is 23.8 Å². The maximum atomic E-state index is 12.2. The maximum Gasteiger partial charge on any atom is 0.412 e. The van der Waals surface area contributed by atoms with Gasteiger partial charge in [-0.25, -0.2) is 4.79 Å². The maximum absolute atomic E-state index is 12.2. The van der Waals surface area contributed by atoms with Crippen molar-refractivity contribution in [1.82, 2.24) is 0 Å². The topological polar surface area (TPSA) is 58.6 Å². The molecule has 1 aliphatic carbocycles. The van der Waals surface area contributed by atoms with Crippen LogP contribution in [0.5, 0.6) is 5.75 Å². The Kier molecular flexibility index (Phi) is 5.33. The minimum atomic E-state index is -0.477. The second kappa shape index (κ2) is 7.03. The van der Waals surface area contributed by atoms with Gasteiger partial charge in [0.1, 0.15) is 11.9 Å². The molecular formula is C18H27NO3. The summed E-state index contributed by atoms with van der Waals surface area (Å²) in [7, 11) is 0. The number of nitrogens with one attached hydrogen (secondary N) is 1. The SMILES string of the molecule is Cc1cccc(O)c1NC(=O)OC1CC(C)CCC1C(C)C. The Morgan fingerprint density at radius 1 is 1.36 bits per heavy atom. The number of phenols is 1. The lowest BCUT2D eigenvalue weighted by molar-refractivity contribution is 0.0126. The van der Waals surface area contributed by atoms with E-state index in [-0.39, 0.29) is 11.9 Å². The van der Waals surface area contributed by atoms with Crippen molar-refractivity contribution in [2.75, 3.05) is 5.32 Å². The lowest BCUT2D eigenvalue weighted by Gasteiger charge is -2.36. The Morgan fingerprint density at radius 2 is 2.09 bits per heavy atom. The Bertz CT molecular complexity index is 507. The van der Waals surface area contributed by atoms with Crippen LogP contribution in [0.4, 0.5) is 10.5 Å². The molecule has 1 amide bonds. The molecule has 122 valence electrons. The van der Waals surface area contributed by atoms with E-state index in [0.29, 0.717) is 23.4 Å². The van der Waals surface area contributed by atoms with Crippen molar-refractivity contribution in [3.63, 3.8) is 0 Å². The second-order valence-corrected chi connectivity index (χ2v) is 6.86. The van der Waals surface area contributed by atoms with E-state index < -0.39 is 6.09 Å². The fraction of sp³-hybridized carbons (Fsp3) is 0.611. The van der Waals surface area contributed by atoms with Crippen LogP contribution in [0.25, 0.3) is 0 Å². The number of aromatic hydroxyl groups is 1. The van der Waals surface area contributed by atoms with E-state index in [0.717, 1.165) is 18.4 Å². The Morgan fingerprint density at radius 3 is 2.73 bits per heavy atom. The number of rotatable bonds is 3. The van der Waals surface area contributed by atoms with E-state index in [4.69, 9.17) is 4.74 Å². The summed E-state index contributed by atoms with van der Waals surface area (Å²) in [5, 5.41) is 12.5. The van der Waals surface area contributed by atoms with Crippen molar-refractivity contribution in [2.45, 2.75) is 53.1 Å². The first-order valence-electron chi connectivity index (χ1n) is 8.14. The average molecular weight is 305 g/mol. The molecule has 1 aromatic rings. The third-order valence-corrected chi connectivity index (χ3v) is 4.70. The van der Waals surface area contributed by atoms with Crippen molar-refractivity contribution in [1.29, 1.82) is 0 Å². The van der Waals surface area contributed by atoms with Crippen LogP contribution in [0, 0.1) is 24.7 Å². The van der Waals surface area contributed by atoms with Gasteiger partial charge in [-0.2, -0.15) is 0 Å². The number of carbonyl (C=O) groups excluding carboxylic acids is 1. The van der Waals surface area contributed by atoms with Crippen molar-refractivity contribution >= 4 is 11.8 Å². The molecule has 4 nitrogen and oxygen atoms in total. The van der Waals surface area contributed by atoms with Crippen LogP contribution in [0.15, 0.2) is 18.2 Å². The summed E-state index contributed by atoms with van der Waals surface area (Å²) < 4.78 is 5.69. The van der Waals surface area contributed by atoms with Crippen LogP contribution in [0.2, 0.25) is 0 Å². The molecule has 3 atom stereocenters. The smallest absolute Gasteiger partial charge is 0.412 e. The molecule has 0 heterocycles. The predicted octanol–water partition coefficient (Wildman–Crippen LogP) is 4.71. The van der Waals surface area contributed by atoms with Gasteiger partial charge < -0.3 is 9.84 Å². The summed E-state index contributed by atoms with van der Waals surface area (Å²) in [6, 6.07) is 5.15. The van der Waals surface area contributed by atoms with E-state index in [9.17, 15) is 9.90 Å². The van der Waals surface area contributed by atoms with Gasteiger partial charge in [-0.1, -0.05) is 39.3 Å². The Hall–Kier alpha value is -1.71. The van der Waals surface area contributed by atoms with Crippen LogP contribution < -0.4 is 5.32 Å². The number of phenolic OH excluding ortho intramolecular Hbond substituents is 1. The van der Waals surface area contributed by atoms with Gasteiger partial charge in [0, 0.05) is 0 Å². The van der Waals surface area contributed by atoms with Gasteiger partial charge in [0.05, 0.1) is 5.69 Å². The Balaban J connectivity index is 2.03. The van der Waals surface area contributed by atoms with E-state index in [2.05, 4.69) is 26.1 Å². The molecule has 4 heteroatoms. The highest BCUT2D eigenvalue weighted by Gasteiger charge is 2.33. The molecule has 2 N–H and O–H groups in total. The van der Waals surface area contributed by atoms with E-state index >= 15 is 0 Å². The quantitative estimate of drug-likeness (QED) is 0.795. The van der Waals surface area contributed by atoms with Crippen molar-refractivity contribution in [2.24, 2.45) is 17.8 Å². The summed E-state index contributed by atoms with van der Waals surface area (Å²) in [6.45, 7) is 8.41. The van der Waals surface area contributed by atoms with Gasteiger partial charge in [-0.05, 0) is 49.1 Å². The molecule has 0 spiro atoms. The minimum absolute atomic E-state index is 0.0464. The fourth-order valence-electron chi connectivity index (χ4n) is 3.33. The molecule has 0 bridgehead atoms. The van der Waals surface area contributed by atoms with Gasteiger partial charge in [-0.15, -0.1) is 0 Å². The third-order valence-electron chi connectivity index (χ3n) is 4.70. The highest BCUT2D eigenvalue weighted by molar-refractivity contribution is 5.87. The molecule has 2 rings (SSSR count). The number of amides is 1. The summed E-state index contributed by atoms with van der Waals surface area (Å²) in [5.41, 5.74) is 1.24. The zero-order chi connectivity index (χ0) is 16.3. The highest BCUT2D eigenvalue weighted by Crippen LogP contribution is 2.35. The van der Waals surface area contributed by atoms with Crippen LogP contribution in [-0.4, -0.2) is 17.3 Å². The lowest BCUT2D eigenvalue weighted by Crippen LogP contribution is -2.37. The normalized spacial score (nSPS) is 25.0. The number of carbonyl (C=O) groups is 1. The van der Waals surface area contributed by atoms with Crippen molar-refractivity contribution in [3.8, 4) is 5.75 Å². The largest absolute Gasteiger partial charge is 0.506 e. The van der Waals surface area contributed by atoms with Gasteiger partial charge in [0.2, 0.25) is 0 Å². The first-order valence-corrected chi connectivity index (χ1v) is 8.14. The molecule has 1 aromatic carbocycles. The van der Waals surface area contributed by atoms with Gasteiger partial charge in [0.25, 0.3) is 0 Å². The fourth-order valence-corrected chi connectivity index (χ4v) is 3.33. The molecule has 0 radical (unpaired) electrons. The molecule has 1 fully saturated rings. The second-order valence-electron chi connectivity index (χ2n) is 6.86. The predicted molar refractivity (Wildman–Crippen MR) is 88.1 cm³/mol. The minimum Gasteiger partial charge on any atom is -0.506 e. The molecule has 0 aromatic heterocycles. The molecule has 0 saturated heterocycles. The molecule has 22 heavy (non-hydrogen) atoms. The van der Waals surface area contributed by atoms with Crippen LogP contribution in [-0.2, 0) is 4.74 Å². The molecule has 1 saturated carbocycles.